The molecule has 2 aromatic carbocycles. The van der Waals surface area contributed by atoms with Gasteiger partial charge in [-0.05, 0) is 49.2 Å². The lowest BCUT2D eigenvalue weighted by Gasteiger charge is -2.10. The Hall–Kier alpha value is -2.87. The molecule has 2 aromatic rings. The molecule has 0 saturated carbocycles. The zero-order valence-electron chi connectivity index (χ0n) is 16.6. The minimum absolute atomic E-state index is 0.102. The van der Waals surface area contributed by atoms with Crippen molar-refractivity contribution < 1.29 is 19.1 Å². The number of hydrogen-bond acceptors (Lipinski definition) is 5. The quantitative estimate of drug-likeness (QED) is 0.442. The molecule has 0 aromatic heterocycles. The lowest BCUT2D eigenvalue weighted by molar-refractivity contribution is -0.119. The highest BCUT2D eigenvalue weighted by Gasteiger charge is 2.08. The SMILES string of the molecule is COc1ccc(CCNC(=O)C/C(C)=N\NC(=O)c2cccc(Br)c2)cc1OC. The van der Waals surface area contributed by atoms with Crippen molar-refractivity contribution in [1.29, 1.82) is 0 Å². The minimum atomic E-state index is -0.334. The number of hydrazone groups is 1. The average Bonchev–Trinajstić information content (AvgIpc) is 2.71. The standard InChI is InChI=1S/C21H24BrN3O4/c1-14(24-25-21(27)16-5-4-6-17(22)13-16)11-20(26)23-10-9-15-7-8-18(28-2)19(12-15)29-3/h4-8,12-13H,9-11H2,1-3H3,(H,23,26)(H,25,27)/b24-14-. The fraction of sp³-hybridized carbons (Fsp3) is 0.286. The maximum absolute atomic E-state index is 12.1. The molecule has 7 nitrogen and oxygen atoms in total. The molecule has 2 N–H and O–H groups in total. The van der Waals surface area contributed by atoms with Gasteiger partial charge in [0.15, 0.2) is 11.5 Å². The van der Waals surface area contributed by atoms with Crippen molar-refractivity contribution in [3.05, 3.63) is 58.1 Å². The lowest BCUT2D eigenvalue weighted by Crippen LogP contribution is -2.28. The van der Waals surface area contributed by atoms with Crippen LogP contribution in [-0.4, -0.2) is 38.3 Å². The van der Waals surface area contributed by atoms with E-state index in [9.17, 15) is 9.59 Å². The van der Waals surface area contributed by atoms with Gasteiger partial charge in [-0.15, -0.1) is 0 Å². The summed E-state index contributed by atoms with van der Waals surface area (Å²) in [6.07, 6.45) is 0.757. The first-order valence-corrected chi connectivity index (χ1v) is 9.79. The highest BCUT2D eigenvalue weighted by atomic mass is 79.9. The van der Waals surface area contributed by atoms with Crippen molar-refractivity contribution in [3.63, 3.8) is 0 Å². The number of halogens is 1. The number of nitrogens with zero attached hydrogens (tertiary/aromatic N) is 1. The van der Waals surface area contributed by atoms with E-state index in [1.807, 2.05) is 24.3 Å². The topological polar surface area (TPSA) is 89.0 Å². The smallest absolute Gasteiger partial charge is 0.271 e. The summed E-state index contributed by atoms with van der Waals surface area (Å²) in [5, 5.41) is 6.83. The van der Waals surface area contributed by atoms with Gasteiger partial charge in [0.1, 0.15) is 0 Å². The van der Waals surface area contributed by atoms with Crippen molar-refractivity contribution >= 4 is 33.5 Å². The lowest BCUT2D eigenvalue weighted by atomic mass is 10.1. The molecule has 8 heteroatoms. The van der Waals surface area contributed by atoms with Crippen LogP contribution in [0.2, 0.25) is 0 Å². The largest absolute Gasteiger partial charge is 0.493 e. The van der Waals surface area contributed by atoms with Gasteiger partial charge in [0.25, 0.3) is 5.91 Å². The van der Waals surface area contributed by atoms with Gasteiger partial charge in [-0.2, -0.15) is 5.10 Å². The fourth-order valence-electron chi connectivity index (χ4n) is 2.56. The third-order valence-corrected chi connectivity index (χ3v) is 4.53. The minimum Gasteiger partial charge on any atom is -0.493 e. The zero-order valence-corrected chi connectivity index (χ0v) is 18.2. The second kappa shape index (κ2) is 11.2. The number of carbonyl (C=O) groups excluding carboxylic acids is 2. The number of hydrogen-bond donors (Lipinski definition) is 2. The zero-order chi connectivity index (χ0) is 21.2. The summed E-state index contributed by atoms with van der Waals surface area (Å²) in [5.41, 5.74) is 4.47. The Morgan fingerprint density at radius 2 is 1.83 bits per heavy atom. The maximum atomic E-state index is 12.1. The van der Waals surface area contributed by atoms with Crippen LogP contribution in [0.15, 0.2) is 52.0 Å². The van der Waals surface area contributed by atoms with Crippen LogP contribution in [0.4, 0.5) is 0 Å². The molecule has 0 heterocycles. The summed E-state index contributed by atoms with van der Waals surface area (Å²) < 4.78 is 11.3. The van der Waals surface area contributed by atoms with E-state index < -0.39 is 0 Å². The molecule has 154 valence electrons. The van der Waals surface area contributed by atoms with Gasteiger partial charge in [-0.25, -0.2) is 5.43 Å². The normalized spacial score (nSPS) is 11.0. The molecule has 0 radical (unpaired) electrons. The number of ether oxygens (including phenoxy) is 2. The van der Waals surface area contributed by atoms with E-state index in [1.165, 1.54) is 0 Å². The third kappa shape index (κ3) is 7.23. The van der Waals surface area contributed by atoms with Crippen molar-refractivity contribution in [2.75, 3.05) is 20.8 Å². The summed E-state index contributed by atoms with van der Waals surface area (Å²) in [7, 11) is 3.17. The first-order valence-electron chi connectivity index (χ1n) is 8.99. The molecule has 0 atom stereocenters. The van der Waals surface area contributed by atoms with Crippen LogP contribution in [0.3, 0.4) is 0 Å². The van der Waals surface area contributed by atoms with Gasteiger partial charge in [0, 0.05) is 22.3 Å². The van der Waals surface area contributed by atoms with Crippen LogP contribution in [-0.2, 0) is 11.2 Å². The Kier molecular flexibility index (Phi) is 8.67. The predicted molar refractivity (Wildman–Crippen MR) is 116 cm³/mol. The molecule has 2 rings (SSSR count). The van der Waals surface area contributed by atoms with Crippen molar-refractivity contribution in [3.8, 4) is 11.5 Å². The van der Waals surface area contributed by atoms with Crippen LogP contribution in [0.5, 0.6) is 11.5 Å². The Morgan fingerprint density at radius 1 is 1.07 bits per heavy atom. The molecule has 0 aliphatic rings. The van der Waals surface area contributed by atoms with E-state index in [0.717, 1.165) is 10.0 Å². The van der Waals surface area contributed by atoms with Gasteiger partial charge in [0.05, 0.1) is 20.6 Å². The summed E-state index contributed by atoms with van der Waals surface area (Å²) in [6, 6.07) is 12.6. The number of carbonyl (C=O) groups is 2. The first kappa shape index (κ1) is 22.4. The molecule has 0 spiro atoms. The van der Waals surface area contributed by atoms with Crippen molar-refractivity contribution in [1.82, 2.24) is 10.7 Å². The Morgan fingerprint density at radius 3 is 2.52 bits per heavy atom. The van der Waals surface area contributed by atoms with Crippen LogP contribution in [0.25, 0.3) is 0 Å². The van der Waals surface area contributed by atoms with Crippen molar-refractivity contribution in [2.24, 2.45) is 5.10 Å². The highest BCUT2D eigenvalue weighted by Crippen LogP contribution is 2.27. The van der Waals surface area contributed by atoms with E-state index in [2.05, 4.69) is 31.8 Å². The van der Waals surface area contributed by atoms with E-state index >= 15 is 0 Å². The second-order valence-electron chi connectivity index (χ2n) is 6.26. The molecule has 2 amide bonds. The van der Waals surface area contributed by atoms with Crippen molar-refractivity contribution in [2.45, 2.75) is 19.8 Å². The Balaban J connectivity index is 1.78. The van der Waals surface area contributed by atoms with Crippen LogP contribution < -0.4 is 20.2 Å². The molecule has 29 heavy (non-hydrogen) atoms. The molecule has 0 aliphatic heterocycles. The van der Waals surface area contributed by atoms with E-state index in [-0.39, 0.29) is 18.2 Å². The summed E-state index contributed by atoms with van der Waals surface area (Å²) >= 11 is 3.32. The van der Waals surface area contributed by atoms with Crippen LogP contribution in [0, 0.1) is 0 Å². The fourth-order valence-corrected chi connectivity index (χ4v) is 2.96. The molecule has 0 unspecified atom stereocenters. The van der Waals surface area contributed by atoms with E-state index in [0.29, 0.717) is 35.7 Å². The Bertz CT molecular complexity index is 899. The van der Waals surface area contributed by atoms with Gasteiger partial charge >= 0.3 is 0 Å². The number of benzene rings is 2. The summed E-state index contributed by atoms with van der Waals surface area (Å²) in [5.74, 6) is 0.820. The highest BCUT2D eigenvalue weighted by molar-refractivity contribution is 9.10. The second-order valence-corrected chi connectivity index (χ2v) is 7.18. The molecule has 0 saturated heterocycles. The molecule has 0 fully saturated rings. The average molecular weight is 462 g/mol. The molecule has 0 bridgehead atoms. The van der Waals surface area contributed by atoms with Crippen LogP contribution >= 0.6 is 15.9 Å². The molecular formula is C21H24BrN3O4. The Labute approximate surface area is 178 Å². The van der Waals surface area contributed by atoms with Gasteiger partial charge in [-0.1, -0.05) is 28.1 Å². The van der Waals surface area contributed by atoms with E-state index in [1.54, 1.807) is 39.3 Å². The van der Waals surface area contributed by atoms with Gasteiger partial charge < -0.3 is 14.8 Å². The molecule has 0 aliphatic carbocycles. The predicted octanol–water partition coefficient (Wildman–Crippen LogP) is 3.32. The number of methoxy groups -OCH3 is 2. The number of amides is 2. The third-order valence-electron chi connectivity index (χ3n) is 4.04. The maximum Gasteiger partial charge on any atom is 0.271 e. The monoisotopic (exact) mass is 461 g/mol. The number of rotatable bonds is 9. The summed E-state index contributed by atoms with van der Waals surface area (Å²) in [4.78, 5) is 24.1. The summed E-state index contributed by atoms with van der Waals surface area (Å²) in [6.45, 7) is 2.17. The van der Waals surface area contributed by atoms with E-state index in [4.69, 9.17) is 9.47 Å². The first-order chi connectivity index (χ1) is 13.9. The van der Waals surface area contributed by atoms with Gasteiger partial charge in [0.2, 0.25) is 5.91 Å². The van der Waals surface area contributed by atoms with Crippen LogP contribution in [0.1, 0.15) is 29.3 Å². The number of nitrogens with one attached hydrogen (secondary N) is 2. The molecular weight excluding hydrogens is 438 g/mol. The van der Waals surface area contributed by atoms with Gasteiger partial charge in [-0.3, -0.25) is 9.59 Å².